The Morgan fingerprint density at radius 1 is 1.35 bits per heavy atom. The lowest BCUT2D eigenvalue weighted by Gasteiger charge is -2.20. The van der Waals surface area contributed by atoms with E-state index in [0.29, 0.717) is 18.5 Å². The molecule has 1 amide bonds. The van der Waals surface area contributed by atoms with Gasteiger partial charge in [0.2, 0.25) is 5.91 Å². The van der Waals surface area contributed by atoms with Gasteiger partial charge < -0.3 is 15.4 Å². The van der Waals surface area contributed by atoms with E-state index in [1.807, 2.05) is 37.3 Å². The Balaban J connectivity index is 1.72. The lowest BCUT2D eigenvalue weighted by atomic mass is 10.0. The smallest absolute Gasteiger partial charge is 0.234 e. The highest BCUT2D eigenvalue weighted by Gasteiger charge is 2.22. The number of hydrogen-bond donors (Lipinski definition) is 2. The number of amides is 1. The summed E-state index contributed by atoms with van der Waals surface area (Å²) in [6, 6.07) is 10.3. The second-order valence-corrected chi connectivity index (χ2v) is 5.49. The third-order valence-electron chi connectivity index (χ3n) is 3.93. The van der Waals surface area contributed by atoms with Crippen LogP contribution in [-0.4, -0.2) is 31.7 Å². The van der Waals surface area contributed by atoms with E-state index >= 15 is 0 Å². The molecular formula is C16H24N2O2. The number of carbonyl (C=O) groups excluding carboxylic acids is 1. The van der Waals surface area contributed by atoms with E-state index < -0.39 is 0 Å². The Morgan fingerprint density at radius 2 is 2.10 bits per heavy atom. The molecule has 0 saturated carbocycles. The Kier molecular flexibility index (Phi) is 5.56. The maximum Gasteiger partial charge on any atom is 0.234 e. The van der Waals surface area contributed by atoms with Gasteiger partial charge in [-0.25, -0.2) is 0 Å². The Hall–Kier alpha value is -1.39. The Labute approximate surface area is 120 Å². The van der Waals surface area contributed by atoms with Crippen molar-refractivity contribution >= 4 is 5.91 Å². The molecule has 1 fully saturated rings. The molecule has 0 bridgehead atoms. The summed E-state index contributed by atoms with van der Waals surface area (Å²) in [4.78, 5) is 11.9. The van der Waals surface area contributed by atoms with Gasteiger partial charge in [0.25, 0.3) is 0 Å². The standard InChI is InChI=1S/C16H24N2O2/c1-12(15-8-9-20-11-15)17-10-16(19)18-13(2)14-6-4-3-5-7-14/h3-7,12-13,15,17H,8-11H2,1-2H3,(H,18,19)/t12-,13-,15-/m0/s1. The fourth-order valence-corrected chi connectivity index (χ4v) is 2.48. The van der Waals surface area contributed by atoms with Crippen LogP contribution in [0, 0.1) is 5.92 Å². The summed E-state index contributed by atoms with van der Waals surface area (Å²) in [5.41, 5.74) is 1.12. The van der Waals surface area contributed by atoms with Gasteiger partial charge in [-0.05, 0) is 31.7 Å². The molecule has 0 aliphatic carbocycles. The highest BCUT2D eigenvalue weighted by molar-refractivity contribution is 5.78. The summed E-state index contributed by atoms with van der Waals surface area (Å²) < 4.78 is 5.37. The number of carbonyl (C=O) groups is 1. The molecular weight excluding hydrogens is 252 g/mol. The van der Waals surface area contributed by atoms with Crippen LogP contribution < -0.4 is 10.6 Å². The van der Waals surface area contributed by atoms with E-state index in [1.165, 1.54) is 0 Å². The summed E-state index contributed by atoms with van der Waals surface area (Å²) in [5.74, 6) is 0.557. The van der Waals surface area contributed by atoms with Crippen LogP contribution in [0.15, 0.2) is 30.3 Å². The first-order valence-electron chi connectivity index (χ1n) is 7.32. The van der Waals surface area contributed by atoms with Gasteiger partial charge in [-0.15, -0.1) is 0 Å². The highest BCUT2D eigenvalue weighted by atomic mass is 16.5. The zero-order valence-electron chi connectivity index (χ0n) is 12.3. The molecule has 2 rings (SSSR count). The molecule has 0 spiro atoms. The van der Waals surface area contributed by atoms with Gasteiger partial charge in [0.1, 0.15) is 0 Å². The van der Waals surface area contributed by atoms with Gasteiger partial charge in [0.15, 0.2) is 0 Å². The number of benzene rings is 1. The van der Waals surface area contributed by atoms with E-state index in [1.54, 1.807) is 0 Å². The zero-order chi connectivity index (χ0) is 14.4. The van der Waals surface area contributed by atoms with Crippen LogP contribution in [0.5, 0.6) is 0 Å². The fraction of sp³-hybridized carbons (Fsp3) is 0.562. The molecule has 2 N–H and O–H groups in total. The first kappa shape index (κ1) is 15.0. The molecule has 1 heterocycles. The molecule has 1 saturated heterocycles. The van der Waals surface area contributed by atoms with Crippen molar-refractivity contribution in [2.75, 3.05) is 19.8 Å². The van der Waals surface area contributed by atoms with Crippen molar-refractivity contribution in [3.8, 4) is 0 Å². The normalized spacial score (nSPS) is 21.4. The highest BCUT2D eigenvalue weighted by Crippen LogP contribution is 2.16. The number of hydrogen-bond acceptors (Lipinski definition) is 3. The largest absolute Gasteiger partial charge is 0.381 e. The average molecular weight is 276 g/mol. The SMILES string of the molecule is C[C@H](NC(=O)CN[C@@H](C)[C@H]1CCOC1)c1ccccc1. The predicted molar refractivity (Wildman–Crippen MR) is 79.4 cm³/mol. The first-order valence-corrected chi connectivity index (χ1v) is 7.32. The molecule has 3 atom stereocenters. The maximum atomic E-state index is 11.9. The lowest BCUT2D eigenvalue weighted by molar-refractivity contribution is -0.121. The summed E-state index contributed by atoms with van der Waals surface area (Å²) in [6.45, 7) is 6.12. The van der Waals surface area contributed by atoms with E-state index in [0.717, 1.165) is 25.2 Å². The molecule has 110 valence electrons. The minimum atomic E-state index is 0.0344. The summed E-state index contributed by atoms with van der Waals surface area (Å²) in [5, 5.41) is 6.30. The summed E-state index contributed by atoms with van der Waals surface area (Å²) >= 11 is 0. The van der Waals surface area contributed by atoms with Gasteiger partial charge in [-0.2, -0.15) is 0 Å². The van der Waals surface area contributed by atoms with Crippen molar-refractivity contribution in [2.24, 2.45) is 5.92 Å². The molecule has 0 radical (unpaired) electrons. The first-order chi connectivity index (χ1) is 9.66. The molecule has 4 nitrogen and oxygen atoms in total. The summed E-state index contributed by atoms with van der Waals surface area (Å²) in [6.07, 6.45) is 1.08. The van der Waals surface area contributed by atoms with Crippen LogP contribution in [0.1, 0.15) is 31.9 Å². The van der Waals surface area contributed by atoms with Gasteiger partial charge in [0, 0.05) is 12.6 Å². The quantitative estimate of drug-likeness (QED) is 0.834. The Morgan fingerprint density at radius 3 is 2.75 bits per heavy atom. The molecule has 1 aromatic rings. The monoisotopic (exact) mass is 276 g/mol. The van der Waals surface area contributed by atoms with Crippen LogP contribution in [0.25, 0.3) is 0 Å². The van der Waals surface area contributed by atoms with Crippen molar-refractivity contribution in [3.63, 3.8) is 0 Å². The number of nitrogens with one attached hydrogen (secondary N) is 2. The molecule has 1 aliphatic rings. The summed E-state index contributed by atoms with van der Waals surface area (Å²) in [7, 11) is 0. The van der Waals surface area contributed by atoms with Crippen LogP contribution in [0.4, 0.5) is 0 Å². The van der Waals surface area contributed by atoms with Crippen molar-refractivity contribution in [3.05, 3.63) is 35.9 Å². The molecule has 4 heteroatoms. The van der Waals surface area contributed by atoms with Crippen LogP contribution in [0.3, 0.4) is 0 Å². The van der Waals surface area contributed by atoms with E-state index in [4.69, 9.17) is 4.74 Å². The number of rotatable bonds is 6. The molecule has 0 aromatic heterocycles. The zero-order valence-corrected chi connectivity index (χ0v) is 12.3. The minimum Gasteiger partial charge on any atom is -0.381 e. The van der Waals surface area contributed by atoms with E-state index in [-0.39, 0.29) is 11.9 Å². The maximum absolute atomic E-state index is 11.9. The minimum absolute atomic E-state index is 0.0344. The third kappa shape index (κ3) is 4.32. The second-order valence-electron chi connectivity index (χ2n) is 5.49. The Bertz CT molecular complexity index is 416. The van der Waals surface area contributed by atoms with Gasteiger partial charge in [0.05, 0.1) is 19.2 Å². The van der Waals surface area contributed by atoms with Crippen LogP contribution >= 0.6 is 0 Å². The lowest BCUT2D eigenvalue weighted by Crippen LogP contribution is -2.42. The van der Waals surface area contributed by atoms with Crippen molar-refractivity contribution in [1.29, 1.82) is 0 Å². The number of ether oxygens (including phenoxy) is 1. The van der Waals surface area contributed by atoms with Gasteiger partial charge in [-0.1, -0.05) is 30.3 Å². The molecule has 1 aliphatic heterocycles. The molecule has 20 heavy (non-hydrogen) atoms. The predicted octanol–water partition coefficient (Wildman–Crippen LogP) is 1.88. The van der Waals surface area contributed by atoms with Crippen molar-refractivity contribution < 1.29 is 9.53 Å². The van der Waals surface area contributed by atoms with Gasteiger partial charge in [-0.3, -0.25) is 4.79 Å². The van der Waals surface area contributed by atoms with E-state index in [9.17, 15) is 4.79 Å². The van der Waals surface area contributed by atoms with Crippen molar-refractivity contribution in [2.45, 2.75) is 32.4 Å². The van der Waals surface area contributed by atoms with Crippen LogP contribution in [0.2, 0.25) is 0 Å². The van der Waals surface area contributed by atoms with E-state index in [2.05, 4.69) is 17.6 Å². The van der Waals surface area contributed by atoms with Crippen molar-refractivity contribution in [1.82, 2.24) is 10.6 Å². The van der Waals surface area contributed by atoms with Gasteiger partial charge >= 0.3 is 0 Å². The average Bonchev–Trinajstić information content (AvgIpc) is 3.00. The van der Waals surface area contributed by atoms with Crippen LogP contribution in [-0.2, 0) is 9.53 Å². The topological polar surface area (TPSA) is 50.4 Å². The molecule has 0 unspecified atom stereocenters. The molecule has 1 aromatic carbocycles. The third-order valence-corrected chi connectivity index (χ3v) is 3.93. The second kappa shape index (κ2) is 7.41. The fourth-order valence-electron chi connectivity index (χ4n) is 2.48.